The van der Waals surface area contributed by atoms with Gasteiger partial charge in [-0.05, 0) is 30.2 Å². The molecule has 0 aromatic heterocycles. The zero-order chi connectivity index (χ0) is 16.0. The number of nitrogens with two attached hydrogens (primary N) is 1. The summed E-state index contributed by atoms with van der Waals surface area (Å²) >= 11 is 0. The van der Waals surface area contributed by atoms with Gasteiger partial charge >= 0.3 is 0 Å². The predicted molar refractivity (Wildman–Crippen MR) is 89.1 cm³/mol. The minimum absolute atomic E-state index is 0.0222. The second kappa shape index (κ2) is 7.60. The molecule has 3 nitrogen and oxygen atoms in total. The smallest absolute Gasteiger partial charge is 0.237 e. The predicted octanol–water partition coefficient (Wildman–Crippen LogP) is 3.23. The van der Waals surface area contributed by atoms with Gasteiger partial charge in [0.1, 0.15) is 0 Å². The van der Waals surface area contributed by atoms with Crippen molar-refractivity contribution in [1.29, 1.82) is 0 Å². The minimum atomic E-state index is -0.419. The van der Waals surface area contributed by atoms with Gasteiger partial charge in [0.2, 0.25) is 5.91 Å². The summed E-state index contributed by atoms with van der Waals surface area (Å²) in [5, 5.41) is 3.06. The Hall–Kier alpha value is -1.35. The van der Waals surface area contributed by atoms with Crippen LogP contribution in [0.3, 0.4) is 0 Å². The molecule has 21 heavy (non-hydrogen) atoms. The van der Waals surface area contributed by atoms with Crippen LogP contribution < -0.4 is 11.1 Å². The highest BCUT2D eigenvalue weighted by molar-refractivity contribution is 5.82. The number of amides is 1. The molecule has 1 aromatic carbocycles. The van der Waals surface area contributed by atoms with Gasteiger partial charge in [-0.1, -0.05) is 64.4 Å². The molecule has 3 heteroatoms. The van der Waals surface area contributed by atoms with Crippen molar-refractivity contribution in [2.45, 2.75) is 65.0 Å². The molecule has 0 aliphatic rings. The zero-order valence-corrected chi connectivity index (χ0v) is 14.0. The lowest BCUT2D eigenvalue weighted by atomic mass is 9.79. The number of benzene rings is 1. The van der Waals surface area contributed by atoms with E-state index >= 15 is 0 Å². The third-order valence-electron chi connectivity index (χ3n) is 4.32. The van der Waals surface area contributed by atoms with E-state index in [-0.39, 0.29) is 23.3 Å². The van der Waals surface area contributed by atoms with Crippen LogP contribution in [0.2, 0.25) is 0 Å². The number of hydrogen-bond acceptors (Lipinski definition) is 2. The van der Waals surface area contributed by atoms with Crippen molar-refractivity contribution in [1.82, 2.24) is 5.32 Å². The Labute approximate surface area is 129 Å². The van der Waals surface area contributed by atoms with Crippen molar-refractivity contribution in [3.63, 3.8) is 0 Å². The van der Waals surface area contributed by atoms with E-state index in [9.17, 15) is 4.79 Å². The molecule has 0 aliphatic carbocycles. The maximum Gasteiger partial charge on any atom is 0.237 e. The first-order valence-electron chi connectivity index (χ1n) is 7.89. The first kappa shape index (κ1) is 17.7. The number of carbonyl (C=O) groups is 1. The first-order valence-corrected chi connectivity index (χ1v) is 7.89. The lowest BCUT2D eigenvalue weighted by molar-refractivity contribution is -0.124. The molecule has 0 saturated heterocycles. The quantitative estimate of drug-likeness (QED) is 0.810. The molecular formula is C18H30N2O. The van der Waals surface area contributed by atoms with Crippen LogP contribution in [0.15, 0.2) is 30.3 Å². The maximum absolute atomic E-state index is 12.1. The minimum Gasteiger partial charge on any atom is -0.352 e. The molecule has 0 radical (unpaired) electrons. The van der Waals surface area contributed by atoms with Gasteiger partial charge in [-0.25, -0.2) is 0 Å². The van der Waals surface area contributed by atoms with Gasteiger partial charge < -0.3 is 11.1 Å². The van der Waals surface area contributed by atoms with Gasteiger partial charge in [0.05, 0.1) is 6.04 Å². The molecule has 0 heterocycles. The van der Waals surface area contributed by atoms with Gasteiger partial charge in [0.15, 0.2) is 0 Å². The molecule has 118 valence electrons. The first-order chi connectivity index (χ1) is 9.77. The molecule has 0 spiro atoms. The Morgan fingerprint density at radius 3 is 2.33 bits per heavy atom. The molecular weight excluding hydrogens is 260 g/mol. The fourth-order valence-electron chi connectivity index (χ4n) is 2.68. The molecule has 1 rings (SSSR count). The van der Waals surface area contributed by atoms with Gasteiger partial charge in [-0.2, -0.15) is 0 Å². The summed E-state index contributed by atoms with van der Waals surface area (Å²) in [5.41, 5.74) is 7.29. The van der Waals surface area contributed by atoms with Crippen molar-refractivity contribution in [2.24, 2.45) is 11.7 Å². The lowest BCUT2D eigenvalue weighted by Gasteiger charge is -2.30. The number of carbonyl (C=O) groups excluding carboxylic acids is 1. The fourth-order valence-corrected chi connectivity index (χ4v) is 2.68. The fraction of sp³-hybridized carbons (Fsp3) is 0.611. The maximum atomic E-state index is 12.1. The van der Waals surface area contributed by atoms with Crippen molar-refractivity contribution in [3.05, 3.63) is 35.9 Å². The summed E-state index contributed by atoms with van der Waals surface area (Å²) in [6, 6.07) is 10.1. The highest BCUT2D eigenvalue weighted by Gasteiger charge is 2.26. The van der Waals surface area contributed by atoms with E-state index in [0.29, 0.717) is 0 Å². The Balaban J connectivity index is 2.61. The SMILES string of the molecule is CCC(C)C(N)C(=O)NC(C)CC(C)(C)c1ccccc1. The highest BCUT2D eigenvalue weighted by Crippen LogP contribution is 2.28. The van der Waals surface area contributed by atoms with Crippen molar-refractivity contribution >= 4 is 5.91 Å². The van der Waals surface area contributed by atoms with Gasteiger partial charge in [-0.15, -0.1) is 0 Å². The van der Waals surface area contributed by atoms with Crippen molar-refractivity contribution in [3.8, 4) is 0 Å². The second-order valence-corrected chi connectivity index (χ2v) is 6.77. The molecule has 0 bridgehead atoms. The lowest BCUT2D eigenvalue weighted by Crippen LogP contribution is -2.48. The molecule has 0 fully saturated rings. The van der Waals surface area contributed by atoms with Crippen LogP contribution in [0.4, 0.5) is 0 Å². The van der Waals surface area contributed by atoms with E-state index in [2.05, 4.69) is 50.4 Å². The summed E-state index contributed by atoms with van der Waals surface area (Å²) in [5.74, 6) is 0.167. The average Bonchev–Trinajstić information content (AvgIpc) is 2.45. The van der Waals surface area contributed by atoms with Crippen LogP contribution in [0.1, 0.15) is 53.0 Å². The number of hydrogen-bond donors (Lipinski definition) is 2. The Morgan fingerprint density at radius 2 is 1.81 bits per heavy atom. The molecule has 1 amide bonds. The Morgan fingerprint density at radius 1 is 1.24 bits per heavy atom. The standard InChI is InChI=1S/C18H30N2O/c1-6-13(2)16(19)17(21)20-14(3)12-18(4,5)15-10-8-7-9-11-15/h7-11,13-14,16H,6,12,19H2,1-5H3,(H,20,21). The molecule has 0 saturated carbocycles. The van der Waals surface area contributed by atoms with Gasteiger partial charge in [0.25, 0.3) is 0 Å². The van der Waals surface area contributed by atoms with E-state index in [1.165, 1.54) is 5.56 Å². The third-order valence-corrected chi connectivity index (χ3v) is 4.32. The summed E-state index contributed by atoms with van der Waals surface area (Å²) in [6.45, 7) is 10.5. The second-order valence-electron chi connectivity index (χ2n) is 6.77. The number of rotatable bonds is 7. The van der Waals surface area contributed by atoms with Crippen LogP contribution >= 0.6 is 0 Å². The molecule has 3 unspecified atom stereocenters. The number of nitrogens with one attached hydrogen (secondary N) is 1. The normalized spacial score (nSPS) is 16.1. The summed E-state index contributed by atoms with van der Waals surface area (Å²) in [7, 11) is 0. The van der Waals surface area contributed by atoms with Gasteiger partial charge in [0, 0.05) is 6.04 Å². The van der Waals surface area contributed by atoms with Crippen LogP contribution in [0.25, 0.3) is 0 Å². The highest BCUT2D eigenvalue weighted by atomic mass is 16.2. The van der Waals surface area contributed by atoms with Crippen LogP contribution in [0.5, 0.6) is 0 Å². The average molecular weight is 290 g/mol. The van der Waals surface area contributed by atoms with Gasteiger partial charge in [-0.3, -0.25) is 4.79 Å². The Kier molecular flexibility index (Phi) is 6.41. The molecule has 1 aromatic rings. The largest absolute Gasteiger partial charge is 0.352 e. The molecule has 3 atom stereocenters. The summed E-state index contributed by atoms with van der Waals surface area (Å²) in [6.07, 6.45) is 1.80. The van der Waals surface area contributed by atoms with Crippen LogP contribution in [-0.4, -0.2) is 18.0 Å². The topological polar surface area (TPSA) is 55.1 Å². The van der Waals surface area contributed by atoms with E-state index in [1.807, 2.05) is 19.9 Å². The van der Waals surface area contributed by atoms with Crippen molar-refractivity contribution in [2.75, 3.05) is 0 Å². The van der Waals surface area contributed by atoms with Crippen LogP contribution in [0, 0.1) is 5.92 Å². The molecule has 3 N–H and O–H groups in total. The Bertz CT molecular complexity index is 442. The van der Waals surface area contributed by atoms with E-state index in [0.717, 1.165) is 12.8 Å². The van der Waals surface area contributed by atoms with Crippen molar-refractivity contribution < 1.29 is 4.79 Å². The van der Waals surface area contributed by atoms with E-state index in [1.54, 1.807) is 0 Å². The summed E-state index contributed by atoms with van der Waals surface area (Å²) in [4.78, 5) is 12.1. The third kappa shape index (κ3) is 5.16. The molecule has 0 aliphatic heterocycles. The summed E-state index contributed by atoms with van der Waals surface area (Å²) < 4.78 is 0. The van der Waals surface area contributed by atoms with E-state index in [4.69, 9.17) is 5.73 Å². The zero-order valence-electron chi connectivity index (χ0n) is 14.0. The van der Waals surface area contributed by atoms with Crippen LogP contribution in [-0.2, 0) is 10.2 Å². The van der Waals surface area contributed by atoms with E-state index < -0.39 is 6.04 Å². The monoisotopic (exact) mass is 290 g/mol.